The van der Waals surface area contributed by atoms with Crippen molar-refractivity contribution in [3.05, 3.63) is 96.4 Å². The molecular weight excluding hydrogens is 376 g/mol. The largest absolute Gasteiger partial charge is 0.320 e. The third kappa shape index (κ3) is 3.89. The van der Waals surface area contributed by atoms with Crippen molar-refractivity contribution in [2.75, 3.05) is 16.8 Å². The van der Waals surface area contributed by atoms with E-state index in [0.717, 1.165) is 11.1 Å². The Labute approximate surface area is 174 Å². The van der Waals surface area contributed by atoms with E-state index in [-0.39, 0.29) is 11.8 Å². The number of hydrogen-bond acceptors (Lipinski definition) is 4. The Morgan fingerprint density at radius 2 is 1.70 bits per heavy atom. The first kappa shape index (κ1) is 19.3. The number of nitrogens with one attached hydrogen (secondary N) is 1. The Morgan fingerprint density at radius 1 is 0.933 bits per heavy atom. The molecule has 0 unspecified atom stereocenters. The van der Waals surface area contributed by atoms with Gasteiger partial charge in [-0.15, -0.1) is 0 Å². The Bertz CT molecular complexity index is 1200. The lowest BCUT2D eigenvalue weighted by molar-refractivity contribution is 0.0988. The molecule has 0 aliphatic carbocycles. The summed E-state index contributed by atoms with van der Waals surface area (Å²) < 4.78 is 0. The maximum Gasteiger partial charge on any atom is 0.259 e. The highest BCUT2D eigenvalue weighted by Gasteiger charge is 2.18. The molecule has 4 aromatic rings. The van der Waals surface area contributed by atoms with E-state index in [1.165, 1.54) is 12.4 Å². The zero-order chi connectivity index (χ0) is 20.9. The van der Waals surface area contributed by atoms with Crippen LogP contribution in [0.4, 0.5) is 11.4 Å². The van der Waals surface area contributed by atoms with Gasteiger partial charge < -0.3 is 10.2 Å². The molecule has 30 heavy (non-hydrogen) atoms. The fourth-order valence-corrected chi connectivity index (χ4v) is 3.29. The molecule has 0 bridgehead atoms. The summed E-state index contributed by atoms with van der Waals surface area (Å²) in [5.41, 5.74) is 2.76. The van der Waals surface area contributed by atoms with E-state index in [4.69, 9.17) is 0 Å². The first-order chi connectivity index (χ1) is 14.7. The van der Waals surface area contributed by atoms with Crippen LogP contribution < -0.4 is 10.2 Å². The van der Waals surface area contributed by atoms with Crippen LogP contribution in [0.5, 0.6) is 0 Å². The monoisotopic (exact) mass is 396 g/mol. The number of amides is 2. The van der Waals surface area contributed by atoms with Gasteiger partial charge in [-0.3, -0.25) is 19.6 Å². The molecule has 148 valence electrons. The summed E-state index contributed by atoms with van der Waals surface area (Å²) in [6.07, 6.45) is 4.61. The van der Waals surface area contributed by atoms with Crippen LogP contribution >= 0.6 is 0 Å². The van der Waals surface area contributed by atoms with Crippen molar-refractivity contribution < 1.29 is 9.59 Å². The Balaban J connectivity index is 1.59. The lowest BCUT2D eigenvalue weighted by Crippen LogP contribution is -2.31. The van der Waals surface area contributed by atoms with E-state index in [1.807, 2.05) is 61.5 Å². The molecule has 6 nitrogen and oxygen atoms in total. The van der Waals surface area contributed by atoms with Gasteiger partial charge in [0.25, 0.3) is 11.8 Å². The van der Waals surface area contributed by atoms with Gasteiger partial charge in [0.1, 0.15) is 0 Å². The Hall–Kier alpha value is -4.06. The number of fused-ring (bicyclic) bond motifs is 1. The minimum absolute atomic E-state index is 0.210. The SMILES string of the molecule is CCN(C(=O)c1cncc(C(=O)Nc2cccc3cccnc23)c1)c1ccccc1. The Morgan fingerprint density at radius 3 is 2.50 bits per heavy atom. The fourth-order valence-electron chi connectivity index (χ4n) is 3.29. The topological polar surface area (TPSA) is 75.2 Å². The normalized spacial score (nSPS) is 10.6. The highest BCUT2D eigenvalue weighted by atomic mass is 16.2. The minimum atomic E-state index is -0.349. The molecular formula is C24H20N4O2. The van der Waals surface area contributed by atoms with Crippen LogP contribution in [-0.2, 0) is 0 Å². The average molecular weight is 396 g/mol. The third-order valence-electron chi connectivity index (χ3n) is 4.76. The van der Waals surface area contributed by atoms with E-state index in [0.29, 0.717) is 28.9 Å². The molecule has 1 N–H and O–H groups in total. The lowest BCUT2D eigenvalue weighted by atomic mass is 10.1. The van der Waals surface area contributed by atoms with Gasteiger partial charge in [0.2, 0.25) is 0 Å². The second-order valence-electron chi connectivity index (χ2n) is 6.68. The zero-order valence-electron chi connectivity index (χ0n) is 16.4. The summed E-state index contributed by atoms with van der Waals surface area (Å²) in [6.45, 7) is 2.41. The van der Waals surface area contributed by atoms with Crippen LogP contribution in [-0.4, -0.2) is 28.3 Å². The standard InChI is InChI=1S/C24H20N4O2/c1-2-28(20-10-4-3-5-11-20)24(30)19-14-18(15-25-16-19)23(29)27-21-12-6-8-17-9-7-13-26-22(17)21/h3-16H,2H2,1H3,(H,27,29). The van der Waals surface area contributed by atoms with Crippen LogP contribution in [0.15, 0.2) is 85.3 Å². The molecule has 0 aliphatic rings. The molecule has 2 aromatic heterocycles. The number of carbonyl (C=O) groups is 2. The van der Waals surface area contributed by atoms with Gasteiger partial charge in [0.15, 0.2) is 0 Å². The van der Waals surface area contributed by atoms with Crippen molar-refractivity contribution in [3.8, 4) is 0 Å². The van der Waals surface area contributed by atoms with E-state index < -0.39 is 0 Å². The zero-order valence-corrected chi connectivity index (χ0v) is 16.4. The smallest absolute Gasteiger partial charge is 0.259 e. The number of hydrogen-bond donors (Lipinski definition) is 1. The number of pyridine rings is 2. The number of benzene rings is 2. The summed E-state index contributed by atoms with van der Waals surface area (Å²) in [4.78, 5) is 36.0. The maximum atomic E-state index is 13.0. The second-order valence-corrected chi connectivity index (χ2v) is 6.68. The van der Waals surface area contributed by atoms with Gasteiger partial charge in [-0.2, -0.15) is 0 Å². The molecule has 6 heteroatoms. The summed E-state index contributed by atoms with van der Waals surface area (Å²) >= 11 is 0. The molecule has 2 heterocycles. The van der Waals surface area contributed by atoms with Crippen molar-refractivity contribution in [1.29, 1.82) is 0 Å². The molecule has 0 atom stereocenters. The molecule has 0 aliphatic heterocycles. The number of nitrogens with zero attached hydrogens (tertiary/aromatic N) is 3. The van der Waals surface area contributed by atoms with Crippen molar-refractivity contribution in [2.45, 2.75) is 6.92 Å². The van der Waals surface area contributed by atoms with E-state index in [2.05, 4.69) is 15.3 Å². The molecule has 0 spiro atoms. The molecule has 2 amide bonds. The van der Waals surface area contributed by atoms with Crippen molar-refractivity contribution >= 4 is 34.1 Å². The third-order valence-corrected chi connectivity index (χ3v) is 4.76. The second kappa shape index (κ2) is 8.53. The number of aromatic nitrogens is 2. The van der Waals surface area contributed by atoms with Crippen molar-refractivity contribution in [1.82, 2.24) is 9.97 Å². The highest BCUT2D eigenvalue weighted by molar-refractivity contribution is 6.11. The number of anilines is 2. The minimum Gasteiger partial charge on any atom is -0.320 e. The van der Waals surface area contributed by atoms with Crippen LogP contribution in [0.2, 0.25) is 0 Å². The van der Waals surface area contributed by atoms with E-state index in [9.17, 15) is 9.59 Å². The van der Waals surface area contributed by atoms with Gasteiger partial charge in [-0.25, -0.2) is 0 Å². The van der Waals surface area contributed by atoms with Crippen molar-refractivity contribution in [2.24, 2.45) is 0 Å². The molecule has 0 saturated carbocycles. The molecule has 2 aromatic carbocycles. The number of rotatable bonds is 5. The summed E-state index contributed by atoms with van der Waals surface area (Å²) in [5.74, 6) is -0.559. The molecule has 0 fully saturated rings. The van der Waals surface area contributed by atoms with Gasteiger partial charge in [0, 0.05) is 36.2 Å². The first-order valence-electron chi connectivity index (χ1n) is 9.64. The molecule has 0 saturated heterocycles. The van der Waals surface area contributed by atoms with Gasteiger partial charge in [-0.1, -0.05) is 36.4 Å². The van der Waals surface area contributed by atoms with Gasteiger partial charge in [-0.05, 0) is 37.3 Å². The summed E-state index contributed by atoms with van der Waals surface area (Å²) in [6, 6.07) is 20.3. The Kier molecular flexibility index (Phi) is 5.48. The van der Waals surface area contributed by atoms with Gasteiger partial charge >= 0.3 is 0 Å². The predicted octanol–water partition coefficient (Wildman–Crippen LogP) is 4.55. The van der Waals surface area contributed by atoms with Crippen LogP contribution in [0.3, 0.4) is 0 Å². The fraction of sp³-hybridized carbons (Fsp3) is 0.0833. The van der Waals surface area contributed by atoms with Crippen LogP contribution in [0.1, 0.15) is 27.6 Å². The molecule has 0 radical (unpaired) electrons. The van der Waals surface area contributed by atoms with E-state index >= 15 is 0 Å². The predicted molar refractivity (Wildman–Crippen MR) is 118 cm³/mol. The highest BCUT2D eigenvalue weighted by Crippen LogP contribution is 2.22. The van der Waals surface area contributed by atoms with Gasteiger partial charge in [0.05, 0.1) is 22.3 Å². The summed E-state index contributed by atoms with van der Waals surface area (Å²) in [7, 11) is 0. The van der Waals surface area contributed by atoms with E-state index in [1.54, 1.807) is 23.2 Å². The summed E-state index contributed by atoms with van der Waals surface area (Å²) in [5, 5.41) is 3.81. The number of para-hydroxylation sites is 2. The van der Waals surface area contributed by atoms with Crippen molar-refractivity contribution in [3.63, 3.8) is 0 Å². The maximum absolute atomic E-state index is 13.0. The molecule has 4 rings (SSSR count). The average Bonchev–Trinajstić information content (AvgIpc) is 2.80. The number of carbonyl (C=O) groups excluding carboxylic acids is 2. The lowest BCUT2D eigenvalue weighted by Gasteiger charge is -2.21. The quantitative estimate of drug-likeness (QED) is 0.537. The van der Waals surface area contributed by atoms with Crippen LogP contribution in [0.25, 0.3) is 10.9 Å². The first-order valence-corrected chi connectivity index (χ1v) is 9.64. The van der Waals surface area contributed by atoms with Crippen LogP contribution in [0, 0.1) is 0 Å².